The third kappa shape index (κ3) is 2.82. The number of fused-ring (bicyclic) bond motifs is 1. The second-order valence-electron chi connectivity index (χ2n) is 5.95. The summed E-state index contributed by atoms with van der Waals surface area (Å²) in [5, 5.41) is 21.8. The first-order valence-electron chi connectivity index (χ1n) is 7.81. The smallest absolute Gasteiger partial charge is 0.284 e. The molecule has 9 heteroatoms. The van der Waals surface area contributed by atoms with Gasteiger partial charge in [0.1, 0.15) is 28.7 Å². The van der Waals surface area contributed by atoms with Gasteiger partial charge in [0.25, 0.3) is 11.7 Å². The van der Waals surface area contributed by atoms with E-state index in [1.54, 1.807) is 11.0 Å². The summed E-state index contributed by atoms with van der Waals surface area (Å²) in [5.74, 6) is -0.569. The summed E-state index contributed by atoms with van der Waals surface area (Å²) in [4.78, 5) is 20.1. The number of methoxy groups -OCH3 is 1. The van der Waals surface area contributed by atoms with E-state index in [2.05, 4.69) is 16.0 Å². The van der Waals surface area contributed by atoms with Crippen LogP contribution in [-0.2, 0) is 4.79 Å². The number of aromatic nitrogens is 2. The van der Waals surface area contributed by atoms with Crippen LogP contribution in [0.15, 0.2) is 6.07 Å². The SMILES string of the molecule is COc1cc2c(C#N)c(N3CCC[C@H](C(=O)[O-])C3)nc(N)c2c(N)[nH+]1. The Morgan fingerprint density at radius 1 is 1.56 bits per heavy atom. The van der Waals surface area contributed by atoms with Gasteiger partial charge in [-0.25, -0.2) is 9.97 Å². The minimum Gasteiger partial charge on any atom is -0.550 e. The molecule has 0 aromatic carbocycles. The van der Waals surface area contributed by atoms with Crippen molar-refractivity contribution >= 4 is 34.2 Å². The number of aromatic amines is 1. The van der Waals surface area contributed by atoms with Gasteiger partial charge in [-0.3, -0.25) is 5.73 Å². The second kappa shape index (κ2) is 6.32. The molecular formula is C16H18N6O3. The van der Waals surface area contributed by atoms with Crippen molar-refractivity contribution in [3.63, 3.8) is 0 Å². The molecule has 1 atom stereocenters. The molecule has 1 aliphatic rings. The number of nitriles is 1. The zero-order valence-electron chi connectivity index (χ0n) is 13.7. The summed E-state index contributed by atoms with van der Waals surface area (Å²) < 4.78 is 5.17. The predicted molar refractivity (Wildman–Crippen MR) is 88.3 cm³/mol. The van der Waals surface area contributed by atoms with Crippen LogP contribution in [-0.4, -0.2) is 31.2 Å². The minimum atomic E-state index is -1.10. The van der Waals surface area contributed by atoms with Gasteiger partial charge in [-0.05, 0) is 12.8 Å². The molecule has 3 heterocycles. The lowest BCUT2D eigenvalue weighted by Crippen LogP contribution is -2.44. The Balaban J connectivity index is 2.19. The molecule has 2 aromatic rings. The van der Waals surface area contributed by atoms with Crippen LogP contribution >= 0.6 is 0 Å². The molecule has 130 valence electrons. The van der Waals surface area contributed by atoms with Crippen LogP contribution < -0.4 is 31.2 Å². The first-order chi connectivity index (χ1) is 12.0. The highest BCUT2D eigenvalue weighted by atomic mass is 16.5. The number of piperidine rings is 1. The van der Waals surface area contributed by atoms with E-state index >= 15 is 0 Å². The van der Waals surface area contributed by atoms with Crippen molar-refractivity contribution in [2.45, 2.75) is 12.8 Å². The summed E-state index contributed by atoms with van der Waals surface area (Å²) in [5.41, 5.74) is 12.3. The minimum absolute atomic E-state index is 0.163. The highest BCUT2D eigenvalue weighted by Gasteiger charge is 2.27. The molecular weight excluding hydrogens is 324 g/mol. The zero-order valence-corrected chi connectivity index (χ0v) is 13.7. The van der Waals surface area contributed by atoms with Gasteiger partial charge in [0.2, 0.25) is 0 Å². The molecule has 25 heavy (non-hydrogen) atoms. The summed E-state index contributed by atoms with van der Waals surface area (Å²) in [7, 11) is 1.48. The molecule has 1 aliphatic heterocycles. The molecule has 0 amide bonds. The summed E-state index contributed by atoms with van der Waals surface area (Å²) >= 11 is 0. The van der Waals surface area contributed by atoms with E-state index in [1.165, 1.54) is 7.11 Å². The lowest BCUT2D eigenvalue weighted by atomic mass is 9.97. The number of H-pyrrole nitrogens is 1. The van der Waals surface area contributed by atoms with E-state index in [0.717, 1.165) is 0 Å². The molecule has 0 radical (unpaired) electrons. The Labute approximate surface area is 143 Å². The topological polar surface area (TPSA) is 155 Å². The number of nitrogens with two attached hydrogens (primary N) is 2. The number of nitrogens with one attached hydrogen (secondary N) is 1. The van der Waals surface area contributed by atoms with E-state index in [-0.39, 0.29) is 23.7 Å². The normalized spacial score (nSPS) is 17.3. The number of carboxylic acids is 1. The maximum atomic E-state index is 11.2. The Kier molecular flexibility index (Phi) is 4.19. The Bertz CT molecular complexity index is 892. The van der Waals surface area contributed by atoms with Crippen molar-refractivity contribution < 1.29 is 19.6 Å². The maximum absolute atomic E-state index is 11.2. The van der Waals surface area contributed by atoms with Crippen LogP contribution in [0.2, 0.25) is 0 Å². The van der Waals surface area contributed by atoms with E-state index in [1.807, 2.05) is 0 Å². The molecule has 9 nitrogen and oxygen atoms in total. The van der Waals surface area contributed by atoms with Crippen molar-refractivity contribution in [1.82, 2.24) is 4.98 Å². The molecule has 0 saturated carbocycles. The molecule has 2 aromatic heterocycles. The molecule has 1 saturated heterocycles. The maximum Gasteiger partial charge on any atom is 0.284 e. The fraction of sp³-hybridized carbons (Fsp3) is 0.375. The van der Waals surface area contributed by atoms with Gasteiger partial charge < -0.3 is 25.3 Å². The Morgan fingerprint density at radius 2 is 2.32 bits per heavy atom. The molecule has 0 spiro atoms. The number of ether oxygens (including phenoxy) is 1. The van der Waals surface area contributed by atoms with E-state index in [0.29, 0.717) is 41.9 Å². The van der Waals surface area contributed by atoms with Gasteiger partial charge in [-0.1, -0.05) is 0 Å². The largest absolute Gasteiger partial charge is 0.550 e. The molecule has 0 bridgehead atoms. The van der Waals surface area contributed by atoms with Crippen molar-refractivity contribution in [3.8, 4) is 11.9 Å². The van der Waals surface area contributed by atoms with E-state index in [9.17, 15) is 15.2 Å². The fourth-order valence-corrected chi connectivity index (χ4v) is 3.21. The lowest BCUT2D eigenvalue weighted by molar-refractivity contribution is -0.374. The number of anilines is 3. The number of rotatable bonds is 3. The van der Waals surface area contributed by atoms with Crippen molar-refractivity contribution in [2.24, 2.45) is 5.92 Å². The number of aliphatic carboxylic acids is 1. The zero-order chi connectivity index (χ0) is 18.1. The van der Waals surface area contributed by atoms with Gasteiger partial charge in [0.15, 0.2) is 0 Å². The standard InChI is InChI=1S/C16H18N6O3/c1-25-11-5-9-10(6-17)15(21-14(19)12(9)13(18)20-11)22-4-2-3-8(7-22)16(23)24/h5,8H,2-4,7H2,1H3,(H2,18,20)(H2,19,21)(H,23,24)/t8-/m0/s1. The molecule has 5 N–H and O–H groups in total. The number of nitrogens with zero attached hydrogens (tertiary/aromatic N) is 3. The Morgan fingerprint density at radius 3 is 2.96 bits per heavy atom. The van der Waals surface area contributed by atoms with Crippen molar-refractivity contribution in [1.29, 1.82) is 5.26 Å². The average molecular weight is 342 g/mol. The van der Waals surface area contributed by atoms with Crippen LogP contribution in [0, 0.1) is 17.2 Å². The van der Waals surface area contributed by atoms with Gasteiger partial charge >= 0.3 is 0 Å². The first kappa shape index (κ1) is 16.6. The highest BCUT2D eigenvalue weighted by Crippen LogP contribution is 2.34. The Hall–Kier alpha value is -3.28. The number of carbonyl (C=O) groups excluding carboxylic acids is 1. The van der Waals surface area contributed by atoms with Crippen LogP contribution in [0.5, 0.6) is 5.88 Å². The van der Waals surface area contributed by atoms with Crippen LogP contribution in [0.3, 0.4) is 0 Å². The molecule has 0 aliphatic carbocycles. The summed E-state index contributed by atoms with van der Waals surface area (Å²) in [6.45, 7) is 0.808. The number of nitrogen functional groups attached to an aromatic ring is 2. The monoisotopic (exact) mass is 342 g/mol. The number of carbonyl (C=O) groups is 1. The third-order valence-corrected chi connectivity index (χ3v) is 4.43. The van der Waals surface area contributed by atoms with Crippen molar-refractivity contribution in [3.05, 3.63) is 11.6 Å². The number of hydrogen-bond acceptors (Lipinski definition) is 8. The van der Waals surface area contributed by atoms with Crippen LogP contribution in [0.4, 0.5) is 17.5 Å². The molecule has 1 fully saturated rings. The molecule has 3 rings (SSSR count). The molecule has 0 unspecified atom stereocenters. The lowest BCUT2D eigenvalue weighted by Gasteiger charge is -2.34. The van der Waals surface area contributed by atoms with Gasteiger partial charge in [0.05, 0.1) is 7.11 Å². The van der Waals surface area contributed by atoms with Gasteiger partial charge in [-0.15, -0.1) is 0 Å². The number of carboxylic acid groups (broad SMARTS) is 1. The number of hydrogen-bond donors (Lipinski definition) is 2. The number of pyridine rings is 2. The van der Waals surface area contributed by atoms with Gasteiger partial charge in [-0.2, -0.15) is 5.26 Å². The third-order valence-electron chi connectivity index (χ3n) is 4.43. The quantitative estimate of drug-likeness (QED) is 0.724. The van der Waals surface area contributed by atoms with E-state index < -0.39 is 11.9 Å². The highest BCUT2D eigenvalue weighted by molar-refractivity contribution is 6.03. The van der Waals surface area contributed by atoms with Crippen molar-refractivity contribution in [2.75, 3.05) is 36.6 Å². The van der Waals surface area contributed by atoms with Gasteiger partial charge in [0, 0.05) is 36.4 Å². The van der Waals surface area contributed by atoms with Crippen LogP contribution in [0.25, 0.3) is 10.8 Å². The first-order valence-corrected chi connectivity index (χ1v) is 7.81. The predicted octanol–water partition coefficient (Wildman–Crippen LogP) is -0.940. The fourth-order valence-electron chi connectivity index (χ4n) is 3.21. The summed E-state index contributed by atoms with van der Waals surface area (Å²) in [6, 6.07) is 3.77. The summed E-state index contributed by atoms with van der Waals surface area (Å²) in [6.07, 6.45) is 1.21. The van der Waals surface area contributed by atoms with Crippen LogP contribution in [0.1, 0.15) is 18.4 Å². The second-order valence-corrected chi connectivity index (χ2v) is 5.95. The average Bonchev–Trinajstić information content (AvgIpc) is 2.60. The van der Waals surface area contributed by atoms with E-state index in [4.69, 9.17) is 16.2 Å².